The minimum atomic E-state index is -0.384. The lowest BCUT2D eigenvalue weighted by atomic mass is 10.1. The van der Waals surface area contributed by atoms with Crippen molar-refractivity contribution < 1.29 is 9.59 Å². The van der Waals surface area contributed by atoms with Crippen molar-refractivity contribution in [3.05, 3.63) is 0 Å². The first-order valence-corrected chi connectivity index (χ1v) is 7.56. The lowest BCUT2D eigenvalue weighted by molar-refractivity contribution is -0.146. The van der Waals surface area contributed by atoms with E-state index in [1.54, 1.807) is 4.90 Å². The molecule has 0 radical (unpaired) electrons. The van der Waals surface area contributed by atoms with Crippen LogP contribution in [0.15, 0.2) is 0 Å². The topological polar surface area (TPSA) is 61.4 Å². The molecular weight excluding hydrogens is 242 g/mol. The summed E-state index contributed by atoms with van der Waals surface area (Å²) in [5.41, 5.74) is 0. The van der Waals surface area contributed by atoms with Crippen molar-refractivity contribution in [1.82, 2.24) is 15.5 Å². The summed E-state index contributed by atoms with van der Waals surface area (Å²) in [5, 5.41) is 6.25. The normalized spacial score (nSPS) is 24.2. The summed E-state index contributed by atoms with van der Waals surface area (Å²) in [6.07, 6.45) is 5.77. The zero-order valence-electron chi connectivity index (χ0n) is 11.4. The third-order valence-electron chi connectivity index (χ3n) is 4.38. The second-order valence-corrected chi connectivity index (χ2v) is 6.07. The van der Waals surface area contributed by atoms with E-state index in [1.807, 2.05) is 0 Å². The van der Waals surface area contributed by atoms with Gasteiger partial charge in [-0.2, -0.15) is 0 Å². The first-order valence-electron chi connectivity index (χ1n) is 7.56. The van der Waals surface area contributed by atoms with Crippen molar-refractivity contribution in [1.29, 1.82) is 0 Å². The van der Waals surface area contributed by atoms with Gasteiger partial charge in [-0.3, -0.25) is 9.59 Å². The van der Waals surface area contributed by atoms with Crippen molar-refractivity contribution >= 4 is 11.8 Å². The molecule has 3 fully saturated rings. The number of hydrogen-bond donors (Lipinski definition) is 2. The van der Waals surface area contributed by atoms with Crippen molar-refractivity contribution in [3.8, 4) is 0 Å². The van der Waals surface area contributed by atoms with E-state index in [2.05, 4.69) is 10.6 Å². The van der Waals surface area contributed by atoms with Gasteiger partial charge in [-0.05, 0) is 50.5 Å². The van der Waals surface area contributed by atoms with Crippen molar-refractivity contribution in [3.63, 3.8) is 0 Å². The third kappa shape index (κ3) is 3.26. The van der Waals surface area contributed by atoms with Gasteiger partial charge in [0, 0.05) is 25.7 Å². The fourth-order valence-electron chi connectivity index (χ4n) is 2.94. The van der Waals surface area contributed by atoms with E-state index < -0.39 is 0 Å². The standard InChI is InChI=1S/C14H23N3O2/c18-13(14(19)17-8-1-6-15-7-9-17)16-12(10-2-3-10)11-4-5-11/h10-12,15H,1-9H2,(H,16,18). The molecule has 5 nitrogen and oxygen atoms in total. The molecule has 0 aromatic rings. The van der Waals surface area contributed by atoms with Crippen LogP contribution < -0.4 is 10.6 Å². The van der Waals surface area contributed by atoms with E-state index in [0.717, 1.165) is 19.5 Å². The lowest BCUT2D eigenvalue weighted by Gasteiger charge is -2.22. The summed E-state index contributed by atoms with van der Waals surface area (Å²) < 4.78 is 0. The number of amides is 2. The first kappa shape index (κ1) is 12.9. The molecule has 1 saturated heterocycles. The molecule has 0 aromatic heterocycles. The third-order valence-corrected chi connectivity index (χ3v) is 4.38. The molecule has 1 aliphatic heterocycles. The Balaban J connectivity index is 1.54. The van der Waals surface area contributed by atoms with Crippen LogP contribution in [-0.2, 0) is 9.59 Å². The predicted octanol–water partition coefficient (Wildman–Crippen LogP) is 0.113. The Morgan fingerprint density at radius 1 is 1.05 bits per heavy atom. The van der Waals surface area contributed by atoms with Gasteiger partial charge in [-0.15, -0.1) is 0 Å². The summed E-state index contributed by atoms with van der Waals surface area (Å²) in [6.45, 7) is 3.05. The molecular formula is C14H23N3O2. The van der Waals surface area contributed by atoms with E-state index in [4.69, 9.17) is 0 Å². The maximum absolute atomic E-state index is 12.2. The molecule has 0 atom stereocenters. The molecule has 0 bridgehead atoms. The van der Waals surface area contributed by atoms with Gasteiger partial charge in [0.1, 0.15) is 0 Å². The van der Waals surface area contributed by atoms with E-state index in [1.165, 1.54) is 25.7 Å². The quantitative estimate of drug-likeness (QED) is 0.712. The van der Waals surface area contributed by atoms with Gasteiger partial charge in [-0.25, -0.2) is 0 Å². The molecule has 0 spiro atoms. The highest BCUT2D eigenvalue weighted by Crippen LogP contribution is 2.44. The molecule has 106 valence electrons. The van der Waals surface area contributed by atoms with E-state index in [-0.39, 0.29) is 17.9 Å². The number of hydrogen-bond acceptors (Lipinski definition) is 3. The number of rotatable bonds is 3. The van der Waals surface area contributed by atoms with Gasteiger partial charge >= 0.3 is 11.8 Å². The highest BCUT2D eigenvalue weighted by Gasteiger charge is 2.43. The van der Waals surface area contributed by atoms with Gasteiger partial charge < -0.3 is 15.5 Å². The smallest absolute Gasteiger partial charge is 0.311 e. The van der Waals surface area contributed by atoms with Crippen LogP contribution in [-0.4, -0.2) is 48.9 Å². The molecule has 3 rings (SSSR count). The molecule has 5 heteroatoms. The van der Waals surface area contributed by atoms with Crippen molar-refractivity contribution in [2.45, 2.75) is 38.1 Å². The SMILES string of the molecule is O=C(NC(C1CC1)C1CC1)C(=O)N1CCCNCC1. The molecule has 0 aromatic carbocycles. The monoisotopic (exact) mass is 265 g/mol. The highest BCUT2D eigenvalue weighted by molar-refractivity contribution is 6.35. The van der Waals surface area contributed by atoms with Crippen LogP contribution in [0.25, 0.3) is 0 Å². The highest BCUT2D eigenvalue weighted by atomic mass is 16.2. The van der Waals surface area contributed by atoms with E-state index in [0.29, 0.717) is 24.9 Å². The van der Waals surface area contributed by atoms with Crippen LogP contribution in [0, 0.1) is 11.8 Å². The van der Waals surface area contributed by atoms with Crippen LogP contribution in [0.1, 0.15) is 32.1 Å². The van der Waals surface area contributed by atoms with Gasteiger partial charge in [0.15, 0.2) is 0 Å². The first-order chi connectivity index (χ1) is 9.25. The van der Waals surface area contributed by atoms with Crippen LogP contribution in [0.4, 0.5) is 0 Å². The molecule has 3 aliphatic rings. The van der Waals surface area contributed by atoms with Crippen molar-refractivity contribution in [2.24, 2.45) is 11.8 Å². The molecule has 2 N–H and O–H groups in total. The zero-order chi connectivity index (χ0) is 13.2. The fourth-order valence-corrected chi connectivity index (χ4v) is 2.94. The largest absolute Gasteiger partial charge is 0.345 e. The average Bonchev–Trinajstić information content (AvgIpc) is 3.30. The summed E-state index contributed by atoms with van der Waals surface area (Å²) >= 11 is 0. The Kier molecular flexibility index (Phi) is 3.73. The molecule has 2 amide bonds. The molecule has 0 unspecified atom stereocenters. The minimum Gasteiger partial charge on any atom is -0.345 e. The Hall–Kier alpha value is -1.10. The van der Waals surface area contributed by atoms with E-state index in [9.17, 15) is 9.59 Å². The molecule has 2 aliphatic carbocycles. The fraction of sp³-hybridized carbons (Fsp3) is 0.857. The maximum Gasteiger partial charge on any atom is 0.311 e. The number of carbonyl (C=O) groups is 2. The number of carbonyl (C=O) groups excluding carboxylic acids is 2. The Labute approximate surface area is 114 Å². The van der Waals surface area contributed by atoms with Crippen LogP contribution in [0.2, 0.25) is 0 Å². The number of nitrogens with zero attached hydrogens (tertiary/aromatic N) is 1. The van der Waals surface area contributed by atoms with Gasteiger partial charge in [0.05, 0.1) is 0 Å². The summed E-state index contributed by atoms with van der Waals surface area (Å²) in [5.74, 6) is 0.547. The maximum atomic E-state index is 12.2. The van der Waals surface area contributed by atoms with Crippen LogP contribution >= 0.6 is 0 Å². The second-order valence-electron chi connectivity index (χ2n) is 6.07. The summed E-state index contributed by atoms with van der Waals surface area (Å²) in [6, 6.07) is 0.265. The van der Waals surface area contributed by atoms with Gasteiger partial charge in [0.2, 0.25) is 0 Å². The molecule has 1 heterocycles. The summed E-state index contributed by atoms with van der Waals surface area (Å²) in [7, 11) is 0. The van der Waals surface area contributed by atoms with Gasteiger partial charge in [-0.1, -0.05) is 0 Å². The Bertz CT molecular complexity index is 344. The Morgan fingerprint density at radius 3 is 2.37 bits per heavy atom. The molecule has 19 heavy (non-hydrogen) atoms. The van der Waals surface area contributed by atoms with E-state index >= 15 is 0 Å². The second kappa shape index (κ2) is 5.49. The van der Waals surface area contributed by atoms with Crippen LogP contribution in [0.5, 0.6) is 0 Å². The zero-order valence-corrected chi connectivity index (χ0v) is 11.4. The number of nitrogens with one attached hydrogen (secondary N) is 2. The lowest BCUT2D eigenvalue weighted by Crippen LogP contribution is -2.48. The minimum absolute atomic E-state index is 0.265. The average molecular weight is 265 g/mol. The van der Waals surface area contributed by atoms with Gasteiger partial charge in [0.25, 0.3) is 0 Å². The molecule has 2 saturated carbocycles. The van der Waals surface area contributed by atoms with Crippen molar-refractivity contribution in [2.75, 3.05) is 26.2 Å². The Morgan fingerprint density at radius 2 is 1.74 bits per heavy atom. The summed E-state index contributed by atoms with van der Waals surface area (Å²) in [4.78, 5) is 26.0. The predicted molar refractivity (Wildman–Crippen MR) is 71.4 cm³/mol. The van der Waals surface area contributed by atoms with Crippen LogP contribution in [0.3, 0.4) is 0 Å².